The second-order valence-electron chi connectivity index (χ2n) is 6.23. The molecule has 1 aromatic heterocycles. The molecule has 8 nitrogen and oxygen atoms in total. The molecule has 2 heterocycles. The Kier molecular flexibility index (Phi) is 5.75. The quantitative estimate of drug-likeness (QED) is 0.684. The molecule has 0 bridgehead atoms. The van der Waals surface area contributed by atoms with Gasteiger partial charge in [-0.3, -0.25) is 9.59 Å². The Morgan fingerprint density at radius 2 is 1.96 bits per heavy atom. The van der Waals surface area contributed by atoms with Crippen LogP contribution in [0, 0.1) is 0 Å². The molecule has 0 saturated carbocycles. The van der Waals surface area contributed by atoms with Gasteiger partial charge in [0.15, 0.2) is 0 Å². The van der Waals surface area contributed by atoms with Crippen molar-refractivity contribution >= 4 is 18.0 Å². The second-order valence-corrected chi connectivity index (χ2v) is 6.23. The first-order valence-electron chi connectivity index (χ1n) is 8.56. The average molecular weight is 372 g/mol. The zero-order chi connectivity index (χ0) is 19.2. The Hall–Kier alpha value is -3.29. The number of nitrogens with one attached hydrogen (secondary N) is 1. The summed E-state index contributed by atoms with van der Waals surface area (Å²) in [7, 11) is 0. The second kappa shape index (κ2) is 8.39. The summed E-state index contributed by atoms with van der Waals surface area (Å²) in [5.41, 5.74) is 0.828. The van der Waals surface area contributed by atoms with Crippen LogP contribution in [-0.4, -0.2) is 46.6 Å². The summed E-state index contributed by atoms with van der Waals surface area (Å²) in [5, 5.41) is 11.5. The molecule has 2 amide bonds. The molecule has 3 rings (SSSR count). The molecule has 142 valence electrons. The molecule has 1 aromatic carbocycles. The first kappa shape index (κ1) is 18.5. The fraction of sp³-hybridized carbons (Fsp3) is 0.316. The predicted octanol–water partition coefficient (Wildman–Crippen LogP) is 1.80. The molecular formula is C19H20N2O6. The summed E-state index contributed by atoms with van der Waals surface area (Å²) < 4.78 is 10.4. The van der Waals surface area contributed by atoms with E-state index in [2.05, 4.69) is 5.32 Å². The number of alkyl carbamates (subject to hydrolysis) is 1. The molecule has 0 radical (unpaired) electrons. The molecule has 8 heteroatoms. The van der Waals surface area contributed by atoms with Crippen molar-refractivity contribution in [3.63, 3.8) is 0 Å². The van der Waals surface area contributed by atoms with Crippen LogP contribution in [0.15, 0.2) is 53.1 Å². The van der Waals surface area contributed by atoms with Crippen molar-refractivity contribution in [1.82, 2.24) is 10.2 Å². The highest BCUT2D eigenvalue weighted by Gasteiger charge is 2.48. The summed E-state index contributed by atoms with van der Waals surface area (Å²) in [5.74, 6) is -0.801. The van der Waals surface area contributed by atoms with Crippen LogP contribution in [0.1, 0.15) is 17.7 Å². The lowest BCUT2D eigenvalue weighted by atomic mass is 9.90. The van der Waals surface area contributed by atoms with Crippen LogP contribution >= 0.6 is 0 Å². The van der Waals surface area contributed by atoms with Gasteiger partial charge in [0.2, 0.25) is 5.91 Å². The number of rotatable bonds is 8. The predicted molar refractivity (Wildman–Crippen MR) is 93.7 cm³/mol. The Bertz CT molecular complexity index is 790. The molecule has 1 aliphatic heterocycles. The summed E-state index contributed by atoms with van der Waals surface area (Å²) in [6, 6.07) is 11.5. The van der Waals surface area contributed by atoms with E-state index >= 15 is 0 Å². The maximum Gasteiger partial charge on any atom is 0.408 e. The minimum atomic E-state index is -1.10. The highest BCUT2D eigenvalue weighted by Crippen LogP contribution is 2.25. The third-order valence-electron chi connectivity index (χ3n) is 4.39. The molecule has 1 saturated heterocycles. The third kappa shape index (κ3) is 4.66. The van der Waals surface area contributed by atoms with Crippen LogP contribution < -0.4 is 5.32 Å². The number of benzene rings is 1. The van der Waals surface area contributed by atoms with E-state index in [4.69, 9.17) is 14.3 Å². The third-order valence-corrected chi connectivity index (χ3v) is 4.39. The molecule has 1 fully saturated rings. The first-order valence-corrected chi connectivity index (χ1v) is 8.56. The first-order chi connectivity index (χ1) is 13.0. The minimum Gasteiger partial charge on any atom is -0.480 e. The number of likely N-dealkylation sites (tertiary alicyclic amines) is 1. The van der Waals surface area contributed by atoms with Gasteiger partial charge in [-0.2, -0.15) is 0 Å². The largest absolute Gasteiger partial charge is 0.480 e. The normalized spacial score (nSPS) is 18.7. The number of carbonyl (C=O) groups excluding carboxylic acids is 2. The van der Waals surface area contributed by atoms with Crippen LogP contribution in [-0.2, 0) is 27.4 Å². The maximum atomic E-state index is 12.2. The Morgan fingerprint density at radius 1 is 1.19 bits per heavy atom. The van der Waals surface area contributed by atoms with E-state index in [0.29, 0.717) is 12.8 Å². The Balaban J connectivity index is 1.56. The van der Waals surface area contributed by atoms with E-state index in [1.165, 1.54) is 4.90 Å². The van der Waals surface area contributed by atoms with Crippen LogP contribution in [0.25, 0.3) is 0 Å². The van der Waals surface area contributed by atoms with E-state index in [-0.39, 0.29) is 6.61 Å². The number of furan rings is 1. The van der Waals surface area contributed by atoms with E-state index in [1.54, 1.807) is 18.4 Å². The van der Waals surface area contributed by atoms with Crippen molar-refractivity contribution in [2.24, 2.45) is 0 Å². The van der Waals surface area contributed by atoms with Crippen molar-refractivity contribution in [3.05, 3.63) is 60.1 Å². The molecule has 1 aliphatic rings. The number of ether oxygens (including phenoxy) is 1. The van der Waals surface area contributed by atoms with Gasteiger partial charge in [-0.1, -0.05) is 30.3 Å². The number of β-lactam (4-membered cyclic amide) rings is 1. The smallest absolute Gasteiger partial charge is 0.408 e. The fourth-order valence-electron chi connectivity index (χ4n) is 3.06. The highest BCUT2D eigenvalue weighted by atomic mass is 16.5. The number of aliphatic carboxylic acids is 1. The number of aryl methyl sites for hydroxylation is 1. The molecule has 27 heavy (non-hydrogen) atoms. The number of carboxylic acid groups (broad SMARTS) is 1. The van der Waals surface area contributed by atoms with E-state index in [0.717, 1.165) is 11.3 Å². The van der Waals surface area contributed by atoms with Crippen molar-refractivity contribution in [2.75, 3.05) is 6.54 Å². The molecule has 2 atom stereocenters. The average Bonchev–Trinajstić information content (AvgIpc) is 3.18. The Labute approximate surface area is 155 Å². The fourth-order valence-corrected chi connectivity index (χ4v) is 3.06. The highest BCUT2D eigenvalue weighted by molar-refractivity contribution is 5.94. The zero-order valence-electron chi connectivity index (χ0n) is 14.5. The number of hydrogen-bond acceptors (Lipinski definition) is 5. The summed E-state index contributed by atoms with van der Waals surface area (Å²) >= 11 is 0. The molecule has 0 aliphatic carbocycles. The van der Waals surface area contributed by atoms with E-state index in [1.807, 2.05) is 30.3 Å². The van der Waals surface area contributed by atoms with Crippen molar-refractivity contribution in [1.29, 1.82) is 0 Å². The van der Waals surface area contributed by atoms with Crippen LogP contribution in [0.4, 0.5) is 4.79 Å². The number of carbonyl (C=O) groups is 3. The SMILES string of the molecule is O=C(O)CN1C(=O)C(NC(=O)OCc2ccccc2)C1CCc1ccco1. The maximum absolute atomic E-state index is 12.2. The van der Waals surface area contributed by atoms with Gasteiger partial charge < -0.3 is 24.5 Å². The molecular weight excluding hydrogens is 352 g/mol. The zero-order valence-corrected chi connectivity index (χ0v) is 14.5. The minimum absolute atomic E-state index is 0.0868. The standard InChI is InChI=1S/C19H20N2O6/c22-16(23)11-21-15(9-8-14-7-4-10-26-14)17(18(21)24)20-19(25)27-12-13-5-2-1-3-6-13/h1-7,10,15,17H,8-9,11-12H2,(H,20,25)(H,22,23). The topological polar surface area (TPSA) is 109 Å². The lowest BCUT2D eigenvalue weighted by Gasteiger charge is -2.46. The van der Waals surface area contributed by atoms with Crippen molar-refractivity contribution in [3.8, 4) is 0 Å². The van der Waals surface area contributed by atoms with Gasteiger partial charge >= 0.3 is 12.1 Å². The van der Waals surface area contributed by atoms with Gasteiger partial charge in [0.1, 0.15) is 25.0 Å². The van der Waals surface area contributed by atoms with Crippen molar-refractivity contribution < 1.29 is 28.6 Å². The van der Waals surface area contributed by atoms with Gasteiger partial charge in [-0.25, -0.2) is 4.79 Å². The molecule has 0 spiro atoms. The summed E-state index contributed by atoms with van der Waals surface area (Å²) in [6.45, 7) is -0.317. The van der Waals surface area contributed by atoms with Crippen molar-refractivity contribution in [2.45, 2.75) is 31.5 Å². The number of nitrogens with zero attached hydrogens (tertiary/aromatic N) is 1. The lowest BCUT2D eigenvalue weighted by molar-refractivity contribution is -0.158. The van der Waals surface area contributed by atoms with Gasteiger partial charge in [-0.05, 0) is 24.1 Å². The molecule has 2 N–H and O–H groups in total. The number of carboxylic acids is 1. The molecule has 2 unspecified atom stereocenters. The van der Waals surface area contributed by atoms with Gasteiger partial charge in [0, 0.05) is 6.42 Å². The summed E-state index contributed by atoms with van der Waals surface area (Å²) in [6.07, 6.45) is 1.83. The van der Waals surface area contributed by atoms with Crippen LogP contribution in [0.3, 0.4) is 0 Å². The molecule has 2 aromatic rings. The lowest BCUT2D eigenvalue weighted by Crippen LogP contribution is -2.71. The Morgan fingerprint density at radius 3 is 2.63 bits per heavy atom. The van der Waals surface area contributed by atoms with Crippen LogP contribution in [0.5, 0.6) is 0 Å². The number of amides is 2. The van der Waals surface area contributed by atoms with Crippen LogP contribution in [0.2, 0.25) is 0 Å². The number of hydrogen-bond donors (Lipinski definition) is 2. The van der Waals surface area contributed by atoms with Gasteiger partial charge in [-0.15, -0.1) is 0 Å². The van der Waals surface area contributed by atoms with E-state index in [9.17, 15) is 14.4 Å². The monoisotopic (exact) mass is 372 g/mol. The van der Waals surface area contributed by atoms with Gasteiger partial charge in [0.25, 0.3) is 0 Å². The van der Waals surface area contributed by atoms with Gasteiger partial charge in [0.05, 0.1) is 12.3 Å². The van der Waals surface area contributed by atoms with E-state index < -0.39 is 36.6 Å². The summed E-state index contributed by atoms with van der Waals surface area (Å²) in [4.78, 5) is 36.5.